The van der Waals surface area contributed by atoms with Gasteiger partial charge >= 0.3 is 0 Å². The Balaban J connectivity index is 1.65. The van der Waals surface area contributed by atoms with Crippen molar-refractivity contribution >= 4 is 12.1 Å². The number of benzene rings is 3. The molecule has 33 heavy (non-hydrogen) atoms. The fourth-order valence-electron chi connectivity index (χ4n) is 3.04. The molecule has 0 aliphatic heterocycles. The standard InChI is InChI=1S/C26H28N2O5/c1-4-31-22-14-12-21(16-24(22)30-3)26(29)28-27-17-20-11-13-23(25(15-20)32-5-2)33-18-19-9-7-6-8-10-19/h6-17H,4-5,18H2,1-3H3,(H,28,29)/b27-17+. The molecule has 0 heterocycles. The molecule has 0 fully saturated rings. The van der Waals surface area contributed by atoms with Crippen molar-refractivity contribution in [1.29, 1.82) is 0 Å². The van der Waals surface area contributed by atoms with Crippen molar-refractivity contribution < 1.29 is 23.7 Å². The Morgan fingerprint density at radius 3 is 2.27 bits per heavy atom. The van der Waals surface area contributed by atoms with E-state index in [0.29, 0.717) is 48.4 Å². The minimum absolute atomic E-state index is 0.361. The van der Waals surface area contributed by atoms with Crippen LogP contribution in [0.1, 0.15) is 35.3 Å². The van der Waals surface area contributed by atoms with Gasteiger partial charge in [0, 0.05) is 5.56 Å². The molecule has 0 saturated carbocycles. The van der Waals surface area contributed by atoms with Gasteiger partial charge in [-0.2, -0.15) is 5.10 Å². The number of rotatable bonds is 11. The number of hydrogen-bond donors (Lipinski definition) is 1. The van der Waals surface area contributed by atoms with Crippen molar-refractivity contribution in [3.8, 4) is 23.0 Å². The number of nitrogens with zero attached hydrogens (tertiary/aromatic N) is 1. The van der Waals surface area contributed by atoms with Crippen LogP contribution in [0.4, 0.5) is 0 Å². The molecule has 0 unspecified atom stereocenters. The lowest BCUT2D eigenvalue weighted by molar-refractivity contribution is 0.0954. The van der Waals surface area contributed by atoms with Crippen molar-refractivity contribution in [3.63, 3.8) is 0 Å². The van der Waals surface area contributed by atoms with E-state index < -0.39 is 0 Å². The lowest BCUT2D eigenvalue weighted by Gasteiger charge is -2.12. The third kappa shape index (κ3) is 6.74. The molecule has 3 aromatic rings. The summed E-state index contributed by atoms with van der Waals surface area (Å²) in [6, 6.07) is 20.4. The highest BCUT2D eigenvalue weighted by atomic mass is 16.5. The van der Waals surface area contributed by atoms with Crippen molar-refractivity contribution in [2.45, 2.75) is 20.5 Å². The largest absolute Gasteiger partial charge is 0.493 e. The Morgan fingerprint density at radius 1 is 0.848 bits per heavy atom. The van der Waals surface area contributed by atoms with Gasteiger partial charge in [0.05, 0.1) is 26.5 Å². The van der Waals surface area contributed by atoms with Crippen LogP contribution in [-0.4, -0.2) is 32.4 Å². The molecule has 1 amide bonds. The number of carbonyl (C=O) groups is 1. The first-order valence-electron chi connectivity index (χ1n) is 10.7. The molecule has 172 valence electrons. The molecule has 0 spiro atoms. The molecule has 0 aliphatic carbocycles. The zero-order valence-electron chi connectivity index (χ0n) is 19.0. The molecule has 7 heteroatoms. The predicted octanol–water partition coefficient (Wildman–Crippen LogP) is 4.84. The summed E-state index contributed by atoms with van der Waals surface area (Å²) in [5.74, 6) is 1.96. The van der Waals surface area contributed by atoms with Gasteiger partial charge in [0.2, 0.25) is 0 Å². The Morgan fingerprint density at radius 2 is 1.55 bits per heavy atom. The molecular weight excluding hydrogens is 420 g/mol. The van der Waals surface area contributed by atoms with E-state index in [1.54, 1.807) is 24.4 Å². The number of amides is 1. The van der Waals surface area contributed by atoms with E-state index >= 15 is 0 Å². The van der Waals surface area contributed by atoms with E-state index in [9.17, 15) is 4.79 Å². The minimum atomic E-state index is -0.361. The summed E-state index contributed by atoms with van der Waals surface area (Å²) in [6.07, 6.45) is 1.55. The average molecular weight is 449 g/mol. The second kappa shape index (κ2) is 12.1. The maximum Gasteiger partial charge on any atom is 0.271 e. The number of carbonyl (C=O) groups excluding carboxylic acids is 1. The molecule has 1 N–H and O–H groups in total. The fourth-order valence-corrected chi connectivity index (χ4v) is 3.04. The van der Waals surface area contributed by atoms with Gasteiger partial charge in [0.15, 0.2) is 23.0 Å². The van der Waals surface area contributed by atoms with E-state index in [1.807, 2.05) is 62.4 Å². The lowest BCUT2D eigenvalue weighted by atomic mass is 10.2. The monoisotopic (exact) mass is 448 g/mol. The molecule has 0 atom stereocenters. The van der Waals surface area contributed by atoms with Gasteiger partial charge in [-0.25, -0.2) is 5.43 Å². The van der Waals surface area contributed by atoms with Crippen LogP contribution in [-0.2, 0) is 6.61 Å². The molecule has 0 bridgehead atoms. The van der Waals surface area contributed by atoms with E-state index in [0.717, 1.165) is 11.1 Å². The predicted molar refractivity (Wildman–Crippen MR) is 128 cm³/mol. The topological polar surface area (TPSA) is 78.4 Å². The van der Waals surface area contributed by atoms with Crippen LogP contribution in [0.15, 0.2) is 71.8 Å². The van der Waals surface area contributed by atoms with Crippen LogP contribution in [0.2, 0.25) is 0 Å². The van der Waals surface area contributed by atoms with Crippen molar-refractivity contribution in [3.05, 3.63) is 83.4 Å². The van der Waals surface area contributed by atoms with Gasteiger partial charge in [-0.1, -0.05) is 30.3 Å². The van der Waals surface area contributed by atoms with E-state index in [4.69, 9.17) is 18.9 Å². The van der Waals surface area contributed by atoms with Crippen molar-refractivity contribution in [1.82, 2.24) is 5.43 Å². The minimum Gasteiger partial charge on any atom is -0.493 e. The number of hydrazone groups is 1. The zero-order chi connectivity index (χ0) is 23.5. The number of nitrogens with one attached hydrogen (secondary N) is 1. The molecule has 3 aromatic carbocycles. The van der Waals surface area contributed by atoms with Gasteiger partial charge in [0.1, 0.15) is 6.61 Å². The molecule has 0 aliphatic rings. The molecule has 0 aromatic heterocycles. The number of hydrogen-bond acceptors (Lipinski definition) is 6. The lowest BCUT2D eigenvalue weighted by Crippen LogP contribution is -2.17. The van der Waals surface area contributed by atoms with E-state index in [1.165, 1.54) is 7.11 Å². The van der Waals surface area contributed by atoms with Crippen LogP contribution in [0.5, 0.6) is 23.0 Å². The normalized spacial score (nSPS) is 10.6. The Kier molecular flexibility index (Phi) is 8.71. The summed E-state index contributed by atoms with van der Waals surface area (Å²) in [5.41, 5.74) is 4.76. The second-order valence-corrected chi connectivity index (χ2v) is 6.91. The van der Waals surface area contributed by atoms with Crippen LogP contribution < -0.4 is 24.4 Å². The molecule has 0 radical (unpaired) electrons. The molecule has 0 saturated heterocycles. The Labute approximate surface area is 193 Å². The molecule has 3 rings (SSSR count). The van der Waals surface area contributed by atoms with Gasteiger partial charge < -0.3 is 18.9 Å². The molecular formula is C26H28N2O5. The first-order chi connectivity index (χ1) is 16.1. The molecule has 7 nitrogen and oxygen atoms in total. The van der Waals surface area contributed by atoms with Gasteiger partial charge in [-0.15, -0.1) is 0 Å². The Hall–Kier alpha value is -4.00. The van der Waals surface area contributed by atoms with E-state index in [2.05, 4.69) is 10.5 Å². The summed E-state index contributed by atoms with van der Waals surface area (Å²) in [4.78, 5) is 12.4. The van der Waals surface area contributed by atoms with Gasteiger partial charge in [0.25, 0.3) is 5.91 Å². The average Bonchev–Trinajstić information content (AvgIpc) is 2.84. The highest BCUT2D eigenvalue weighted by Crippen LogP contribution is 2.29. The first kappa shape index (κ1) is 23.7. The maximum absolute atomic E-state index is 12.4. The zero-order valence-corrected chi connectivity index (χ0v) is 19.0. The third-order valence-electron chi connectivity index (χ3n) is 4.61. The summed E-state index contributed by atoms with van der Waals surface area (Å²) < 4.78 is 22.4. The smallest absolute Gasteiger partial charge is 0.271 e. The maximum atomic E-state index is 12.4. The summed E-state index contributed by atoms with van der Waals surface area (Å²) in [5, 5.41) is 4.06. The van der Waals surface area contributed by atoms with Crippen LogP contribution in [0.3, 0.4) is 0 Å². The van der Waals surface area contributed by atoms with E-state index in [-0.39, 0.29) is 5.91 Å². The third-order valence-corrected chi connectivity index (χ3v) is 4.61. The second-order valence-electron chi connectivity index (χ2n) is 6.91. The Bertz CT molecular complexity index is 1080. The van der Waals surface area contributed by atoms with Crippen LogP contribution >= 0.6 is 0 Å². The van der Waals surface area contributed by atoms with Crippen molar-refractivity contribution in [2.24, 2.45) is 5.10 Å². The van der Waals surface area contributed by atoms with Gasteiger partial charge in [-0.3, -0.25) is 4.79 Å². The van der Waals surface area contributed by atoms with Gasteiger partial charge in [-0.05, 0) is 61.4 Å². The number of ether oxygens (including phenoxy) is 4. The van der Waals surface area contributed by atoms with Crippen LogP contribution in [0, 0.1) is 0 Å². The SMILES string of the molecule is CCOc1ccc(C(=O)N/N=C/c2ccc(OCc3ccccc3)c(OCC)c2)cc1OC. The number of methoxy groups -OCH3 is 1. The highest BCUT2D eigenvalue weighted by Gasteiger charge is 2.11. The fraction of sp³-hybridized carbons (Fsp3) is 0.231. The van der Waals surface area contributed by atoms with Crippen LogP contribution in [0.25, 0.3) is 0 Å². The summed E-state index contributed by atoms with van der Waals surface area (Å²) in [6.45, 7) is 5.24. The first-order valence-corrected chi connectivity index (χ1v) is 10.7. The summed E-state index contributed by atoms with van der Waals surface area (Å²) >= 11 is 0. The summed E-state index contributed by atoms with van der Waals surface area (Å²) in [7, 11) is 1.53. The quantitative estimate of drug-likeness (QED) is 0.336. The van der Waals surface area contributed by atoms with Crippen molar-refractivity contribution in [2.75, 3.05) is 20.3 Å². The highest BCUT2D eigenvalue weighted by molar-refractivity contribution is 5.95.